The highest BCUT2D eigenvalue weighted by atomic mass is 32.1. The van der Waals surface area contributed by atoms with Crippen LogP contribution in [-0.4, -0.2) is 60.3 Å². The molecule has 9 nitrogen and oxygen atoms in total. The number of ether oxygens (including phenoxy) is 2. The second-order valence-corrected chi connectivity index (χ2v) is 6.55. The first-order valence-electron chi connectivity index (χ1n) is 8.40. The molecule has 0 spiro atoms. The number of nitrogens with one attached hydrogen (secondary N) is 2. The van der Waals surface area contributed by atoms with Crippen molar-refractivity contribution in [2.75, 3.05) is 12.3 Å². The topological polar surface area (TPSA) is 137 Å². The Kier molecular flexibility index (Phi) is 11.7. The van der Waals surface area contributed by atoms with Gasteiger partial charge in [0.25, 0.3) is 0 Å². The molecule has 0 saturated carbocycles. The van der Waals surface area contributed by atoms with Gasteiger partial charge in [-0.15, -0.1) is 0 Å². The maximum absolute atomic E-state index is 12.1. The third kappa shape index (κ3) is 10.9. The highest BCUT2D eigenvalue weighted by Crippen LogP contribution is 2.02. The average Bonchev–Trinajstić information content (AvgIpc) is 2.53. The van der Waals surface area contributed by atoms with Crippen molar-refractivity contribution in [1.82, 2.24) is 10.6 Å². The van der Waals surface area contributed by atoms with Gasteiger partial charge in [0, 0.05) is 18.7 Å². The third-order valence-corrected chi connectivity index (χ3v) is 3.32. The largest absolute Gasteiger partial charge is 0.463 e. The summed E-state index contributed by atoms with van der Waals surface area (Å²) in [6, 6.07) is -2.56. The fraction of sp³-hybridized carbons (Fsp3) is 0.750. The molecule has 0 fully saturated rings. The van der Waals surface area contributed by atoms with E-state index in [0.29, 0.717) is 0 Å². The minimum absolute atomic E-state index is 0.0624. The van der Waals surface area contributed by atoms with Crippen LogP contribution in [0.5, 0.6) is 0 Å². The normalized spacial score (nSPS) is 13.1. The van der Waals surface area contributed by atoms with Crippen LogP contribution in [0.4, 0.5) is 4.79 Å². The van der Waals surface area contributed by atoms with Gasteiger partial charge in [-0.05, 0) is 27.7 Å². The Morgan fingerprint density at radius 1 is 1.00 bits per heavy atom. The predicted molar refractivity (Wildman–Crippen MR) is 98.8 cm³/mol. The summed E-state index contributed by atoms with van der Waals surface area (Å²) in [5, 5.41) is 4.82. The van der Waals surface area contributed by atoms with Crippen LogP contribution in [0.2, 0.25) is 0 Å². The molecule has 10 heteroatoms. The molecule has 0 aromatic rings. The number of Topliss-reactive ketones (excluding diaryl/α,β-unsaturated/α-hetero) is 1. The van der Waals surface area contributed by atoms with Gasteiger partial charge >= 0.3 is 18.0 Å². The van der Waals surface area contributed by atoms with E-state index in [1.165, 1.54) is 0 Å². The first kappa shape index (κ1) is 24.2. The zero-order valence-electron chi connectivity index (χ0n) is 15.6. The molecule has 0 radical (unpaired) electrons. The Morgan fingerprint density at radius 3 is 2.08 bits per heavy atom. The van der Waals surface area contributed by atoms with Crippen LogP contribution in [0.15, 0.2) is 0 Å². The second kappa shape index (κ2) is 12.5. The van der Waals surface area contributed by atoms with Crippen LogP contribution in [0.25, 0.3) is 0 Å². The maximum Gasteiger partial charge on any atom is 0.325 e. The Labute approximate surface area is 159 Å². The molecule has 0 unspecified atom stereocenters. The summed E-state index contributed by atoms with van der Waals surface area (Å²) < 4.78 is 9.86. The number of urea groups is 1. The zero-order chi connectivity index (χ0) is 20.3. The number of carbonyl (C=O) groups excluding carboxylic acids is 4. The molecule has 0 aromatic heterocycles. The number of hydrogen-bond acceptors (Lipinski definition) is 8. The van der Waals surface area contributed by atoms with Gasteiger partial charge in [-0.25, -0.2) is 4.79 Å². The summed E-state index contributed by atoms with van der Waals surface area (Å²) in [7, 11) is 0. The maximum atomic E-state index is 12.1. The zero-order valence-corrected chi connectivity index (χ0v) is 16.5. The van der Waals surface area contributed by atoms with Crippen LogP contribution in [0, 0.1) is 0 Å². The van der Waals surface area contributed by atoms with Crippen molar-refractivity contribution in [3.63, 3.8) is 0 Å². The first-order chi connectivity index (χ1) is 12.1. The van der Waals surface area contributed by atoms with Gasteiger partial charge in [0.05, 0.1) is 24.7 Å². The second-order valence-electron chi connectivity index (χ2n) is 6.19. The van der Waals surface area contributed by atoms with Crippen molar-refractivity contribution in [3.8, 4) is 0 Å². The number of hydrogen-bond donors (Lipinski definition) is 4. The summed E-state index contributed by atoms with van der Waals surface area (Å²) >= 11 is 4.03. The fourth-order valence-corrected chi connectivity index (χ4v) is 2.06. The molecule has 4 N–H and O–H groups in total. The minimum atomic E-state index is -1.01. The third-order valence-electron chi connectivity index (χ3n) is 2.96. The van der Waals surface area contributed by atoms with Crippen LogP contribution in [-0.2, 0) is 23.9 Å². The summed E-state index contributed by atoms with van der Waals surface area (Å²) in [5.74, 6) is -1.40. The standard InChI is InChI=1S/C16H29N3O6S/c1-9(2)24-14(21)6-5-13(20)12(8-26)19-16(23)18-7-11(17)15(22)25-10(3)4/h9-12,26H,5-8,17H2,1-4H3,(H2,18,19,23)/t11-,12-/m0/s1. The predicted octanol–water partition coefficient (Wildman–Crippen LogP) is 0.164. The molecule has 26 heavy (non-hydrogen) atoms. The fourth-order valence-electron chi connectivity index (χ4n) is 1.76. The Bertz CT molecular complexity index is 498. The quantitative estimate of drug-likeness (QED) is 0.291. The van der Waals surface area contributed by atoms with Crippen molar-refractivity contribution < 1.29 is 28.7 Å². The number of amides is 2. The van der Waals surface area contributed by atoms with E-state index in [4.69, 9.17) is 15.2 Å². The van der Waals surface area contributed by atoms with E-state index in [1.54, 1.807) is 27.7 Å². The molecular weight excluding hydrogens is 362 g/mol. The van der Waals surface area contributed by atoms with E-state index in [0.717, 1.165) is 0 Å². The van der Waals surface area contributed by atoms with Gasteiger partial charge in [-0.3, -0.25) is 14.4 Å². The molecule has 2 amide bonds. The Hall–Kier alpha value is -1.81. The number of ketones is 1. The Morgan fingerprint density at radius 2 is 1.58 bits per heavy atom. The lowest BCUT2D eigenvalue weighted by molar-refractivity contribution is -0.149. The molecule has 0 aliphatic heterocycles. The molecule has 0 aliphatic carbocycles. The van der Waals surface area contributed by atoms with E-state index in [1.807, 2.05) is 0 Å². The average molecular weight is 391 g/mol. The van der Waals surface area contributed by atoms with Crippen LogP contribution >= 0.6 is 12.6 Å². The summed E-state index contributed by atoms with van der Waals surface area (Å²) in [6.07, 6.45) is -0.710. The molecule has 150 valence electrons. The summed E-state index contributed by atoms with van der Waals surface area (Å²) in [6.45, 7) is 6.65. The molecule has 0 bridgehead atoms. The first-order valence-corrected chi connectivity index (χ1v) is 9.03. The lowest BCUT2D eigenvalue weighted by Crippen LogP contribution is -2.51. The number of rotatable bonds is 11. The van der Waals surface area contributed by atoms with E-state index in [9.17, 15) is 19.2 Å². The molecule has 0 aliphatic rings. The highest BCUT2D eigenvalue weighted by molar-refractivity contribution is 7.80. The molecule has 2 atom stereocenters. The van der Waals surface area contributed by atoms with Crippen molar-refractivity contribution in [3.05, 3.63) is 0 Å². The summed E-state index contributed by atoms with van der Waals surface area (Å²) in [4.78, 5) is 46.9. The molecule has 0 aromatic carbocycles. The van der Waals surface area contributed by atoms with Crippen LogP contribution < -0.4 is 16.4 Å². The lowest BCUT2D eigenvalue weighted by Gasteiger charge is -2.18. The number of esters is 2. The molecule has 0 saturated heterocycles. The smallest absolute Gasteiger partial charge is 0.325 e. The van der Waals surface area contributed by atoms with Crippen molar-refractivity contribution in [2.24, 2.45) is 5.73 Å². The lowest BCUT2D eigenvalue weighted by atomic mass is 10.1. The van der Waals surface area contributed by atoms with Crippen LogP contribution in [0.3, 0.4) is 0 Å². The van der Waals surface area contributed by atoms with Gasteiger partial charge in [-0.2, -0.15) is 12.6 Å². The number of nitrogens with two attached hydrogens (primary N) is 1. The van der Waals surface area contributed by atoms with E-state index < -0.39 is 30.1 Å². The van der Waals surface area contributed by atoms with Crippen molar-refractivity contribution in [2.45, 2.75) is 64.8 Å². The highest BCUT2D eigenvalue weighted by Gasteiger charge is 2.22. The van der Waals surface area contributed by atoms with Gasteiger partial charge in [-0.1, -0.05) is 0 Å². The van der Waals surface area contributed by atoms with Crippen molar-refractivity contribution >= 4 is 36.4 Å². The SMILES string of the molecule is CC(C)OC(=O)CCC(=O)[C@H](CS)NC(=O)NC[C@H](N)C(=O)OC(C)C. The van der Waals surface area contributed by atoms with Crippen LogP contribution in [0.1, 0.15) is 40.5 Å². The van der Waals surface area contributed by atoms with E-state index in [2.05, 4.69) is 23.3 Å². The number of thiol groups is 1. The Balaban J connectivity index is 4.31. The van der Waals surface area contributed by atoms with E-state index in [-0.39, 0.29) is 43.1 Å². The molecule has 0 heterocycles. The van der Waals surface area contributed by atoms with E-state index >= 15 is 0 Å². The van der Waals surface area contributed by atoms with Gasteiger partial charge in [0.1, 0.15) is 6.04 Å². The van der Waals surface area contributed by atoms with Gasteiger partial charge < -0.3 is 25.8 Å². The number of carbonyl (C=O) groups is 4. The van der Waals surface area contributed by atoms with Crippen molar-refractivity contribution in [1.29, 1.82) is 0 Å². The molecule has 0 rings (SSSR count). The van der Waals surface area contributed by atoms with Gasteiger partial charge in [0.2, 0.25) is 0 Å². The van der Waals surface area contributed by atoms with Gasteiger partial charge in [0.15, 0.2) is 5.78 Å². The molecular formula is C16H29N3O6S. The monoisotopic (exact) mass is 391 g/mol. The minimum Gasteiger partial charge on any atom is -0.463 e. The summed E-state index contributed by atoms with van der Waals surface area (Å²) in [5.41, 5.74) is 5.61.